The Morgan fingerprint density at radius 1 is 1.17 bits per heavy atom. The number of thioether (sulfide) groups is 1. The molecule has 138 valence electrons. The van der Waals surface area contributed by atoms with E-state index in [2.05, 4.69) is 23.3 Å². The molecule has 0 aromatic heterocycles. The number of carboxylic acids is 2. The van der Waals surface area contributed by atoms with E-state index < -0.39 is 42.4 Å². The zero-order valence-corrected chi connectivity index (χ0v) is 14.5. The molecule has 0 rings (SSSR count). The summed E-state index contributed by atoms with van der Waals surface area (Å²) in [5, 5.41) is 21.5. The van der Waals surface area contributed by atoms with E-state index in [9.17, 15) is 19.2 Å². The first-order valence-corrected chi connectivity index (χ1v) is 8.60. The van der Waals surface area contributed by atoms with Gasteiger partial charge in [0.1, 0.15) is 18.6 Å². The van der Waals surface area contributed by atoms with E-state index in [1.165, 1.54) is 11.8 Å². The van der Waals surface area contributed by atoms with Crippen molar-refractivity contribution in [1.82, 2.24) is 10.6 Å². The maximum absolute atomic E-state index is 11.9. The highest BCUT2D eigenvalue weighted by molar-refractivity contribution is 8.00. The third kappa shape index (κ3) is 10.3. The van der Waals surface area contributed by atoms with Crippen LogP contribution in [0.1, 0.15) is 12.8 Å². The van der Waals surface area contributed by atoms with Crippen molar-refractivity contribution in [3.63, 3.8) is 0 Å². The van der Waals surface area contributed by atoms with Gasteiger partial charge in [-0.05, 0) is 6.42 Å². The predicted molar refractivity (Wildman–Crippen MR) is 91.7 cm³/mol. The van der Waals surface area contributed by atoms with E-state index in [0.717, 1.165) is 0 Å². The van der Waals surface area contributed by atoms with Crippen molar-refractivity contribution in [2.75, 3.05) is 18.1 Å². The van der Waals surface area contributed by atoms with Gasteiger partial charge in [0.2, 0.25) is 11.8 Å². The normalized spacial score (nSPS) is 14.3. The van der Waals surface area contributed by atoms with E-state index in [4.69, 9.17) is 21.7 Å². The van der Waals surface area contributed by atoms with Gasteiger partial charge >= 0.3 is 11.9 Å². The fourth-order valence-electron chi connectivity index (χ4n) is 1.42. The largest absolute Gasteiger partial charge is 0.480 e. The number of carboxylic acid groups (broad SMARTS) is 2. The Bertz CT molecular complexity index is 465. The fourth-order valence-corrected chi connectivity index (χ4v) is 2.51. The van der Waals surface area contributed by atoms with Gasteiger partial charge in [-0.2, -0.15) is 12.6 Å². The van der Waals surface area contributed by atoms with Crippen molar-refractivity contribution in [1.29, 1.82) is 0 Å². The maximum atomic E-state index is 11.9. The number of carbonyl (C=O) groups excluding carboxylic acids is 2. The molecule has 0 fully saturated rings. The molecule has 0 aromatic rings. The van der Waals surface area contributed by atoms with Crippen LogP contribution >= 0.6 is 24.4 Å². The van der Waals surface area contributed by atoms with Crippen molar-refractivity contribution in [2.45, 2.75) is 30.3 Å². The molecule has 0 aliphatic carbocycles. The molecule has 0 bridgehead atoms. The highest BCUT2D eigenvalue weighted by Crippen LogP contribution is 2.09. The minimum absolute atomic E-state index is 0.0894. The molecule has 12 heteroatoms. The van der Waals surface area contributed by atoms with Gasteiger partial charge in [0.05, 0.1) is 5.37 Å². The lowest BCUT2D eigenvalue weighted by atomic mass is 10.1. The van der Waals surface area contributed by atoms with Crippen molar-refractivity contribution in [3.05, 3.63) is 0 Å². The molecular formula is C12H22N4O6S2. The van der Waals surface area contributed by atoms with Gasteiger partial charge in [-0.3, -0.25) is 19.2 Å². The van der Waals surface area contributed by atoms with Crippen molar-refractivity contribution >= 4 is 48.1 Å². The van der Waals surface area contributed by atoms with Crippen LogP contribution in [-0.2, 0) is 19.2 Å². The summed E-state index contributed by atoms with van der Waals surface area (Å²) in [5.74, 6) is -3.22. The van der Waals surface area contributed by atoms with Crippen LogP contribution in [0.4, 0.5) is 0 Å². The minimum atomic E-state index is -1.23. The monoisotopic (exact) mass is 382 g/mol. The van der Waals surface area contributed by atoms with Gasteiger partial charge in [-0.15, -0.1) is 11.8 Å². The lowest BCUT2D eigenvalue weighted by molar-refractivity contribution is -0.139. The third-order valence-corrected chi connectivity index (χ3v) is 4.48. The van der Waals surface area contributed by atoms with Crippen LogP contribution in [0.3, 0.4) is 0 Å². The molecule has 0 saturated carbocycles. The Labute approximate surface area is 148 Å². The zero-order valence-electron chi connectivity index (χ0n) is 12.8. The van der Waals surface area contributed by atoms with Crippen LogP contribution in [0, 0.1) is 0 Å². The smallest absolute Gasteiger partial charge is 0.322 e. The molecule has 0 spiro atoms. The number of carbonyl (C=O) groups is 4. The molecule has 0 heterocycles. The second-order valence-corrected chi connectivity index (χ2v) is 6.41. The van der Waals surface area contributed by atoms with E-state index >= 15 is 0 Å². The maximum Gasteiger partial charge on any atom is 0.322 e. The molecule has 0 saturated heterocycles. The summed E-state index contributed by atoms with van der Waals surface area (Å²) < 4.78 is 0. The minimum Gasteiger partial charge on any atom is -0.480 e. The molecule has 24 heavy (non-hydrogen) atoms. The highest BCUT2D eigenvalue weighted by Gasteiger charge is 2.23. The second-order valence-electron chi connectivity index (χ2n) is 4.77. The Hall–Kier alpha value is -1.50. The van der Waals surface area contributed by atoms with Gasteiger partial charge in [0, 0.05) is 17.9 Å². The molecule has 0 aliphatic rings. The van der Waals surface area contributed by atoms with Crippen LogP contribution in [0.25, 0.3) is 0 Å². The number of hydrogen-bond acceptors (Lipinski definition) is 8. The van der Waals surface area contributed by atoms with Gasteiger partial charge in [-0.1, -0.05) is 0 Å². The van der Waals surface area contributed by atoms with Crippen molar-refractivity contribution in [3.8, 4) is 0 Å². The van der Waals surface area contributed by atoms with Gasteiger partial charge in [0.25, 0.3) is 0 Å². The first kappa shape index (κ1) is 22.5. The number of thiol groups is 1. The average Bonchev–Trinajstić information content (AvgIpc) is 2.53. The number of aliphatic carboxylic acids is 2. The van der Waals surface area contributed by atoms with Crippen molar-refractivity contribution in [2.24, 2.45) is 11.5 Å². The molecule has 2 amide bonds. The van der Waals surface area contributed by atoms with Crippen LogP contribution in [0.2, 0.25) is 0 Å². The van der Waals surface area contributed by atoms with Crippen LogP contribution in [-0.4, -0.2) is 69.5 Å². The summed E-state index contributed by atoms with van der Waals surface area (Å²) >= 11 is 5.18. The lowest BCUT2D eigenvalue weighted by Gasteiger charge is -2.19. The summed E-state index contributed by atoms with van der Waals surface area (Å²) in [6, 6.07) is -2.18. The number of nitrogens with one attached hydrogen (secondary N) is 2. The Balaban J connectivity index is 4.60. The van der Waals surface area contributed by atoms with E-state index in [0.29, 0.717) is 5.75 Å². The van der Waals surface area contributed by atoms with Crippen LogP contribution in [0.15, 0.2) is 0 Å². The number of amides is 2. The van der Waals surface area contributed by atoms with Gasteiger partial charge in [0.15, 0.2) is 0 Å². The summed E-state index contributed by atoms with van der Waals surface area (Å²) in [6.45, 7) is -0.585. The Kier molecular flexibility index (Phi) is 11.2. The van der Waals surface area contributed by atoms with E-state index in [-0.39, 0.29) is 24.0 Å². The van der Waals surface area contributed by atoms with Gasteiger partial charge < -0.3 is 32.3 Å². The third-order valence-electron chi connectivity index (χ3n) is 2.72. The predicted octanol–water partition coefficient (Wildman–Crippen LogP) is -2.19. The molecule has 10 nitrogen and oxygen atoms in total. The lowest BCUT2D eigenvalue weighted by Crippen LogP contribution is -2.50. The molecule has 8 N–H and O–H groups in total. The average molecular weight is 382 g/mol. The van der Waals surface area contributed by atoms with Crippen LogP contribution < -0.4 is 22.1 Å². The molecule has 0 aromatic carbocycles. The number of nitrogens with two attached hydrogens (primary N) is 2. The Morgan fingerprint density at radius 3 is 2.29 bits per heavy atom. The summed E-state index contributed by atoms with van der Waals surface area (Å²) in [7, 11) is 0. The fraction of sp³-hybridized carbons (Fsp3) is 0.667. The molecule has 1 unspecified atom stereocenters. The standard InChI is InChI=1S/C12H22N4O6S2/c13-6(12(21)22)1-2-9(17)16-7(5-24-8(14)4-23)11(20)15-3-10(18)19/h6-8,23H,1-5,13-14H2,(H,15,20)(H,16,17)(H,18,19)(H,21,22)/t6-,7-,8?/m0/s1. The number of hydrogen-bond donors (Lipinski definition) is 7. The van der Waals surface area contributed by atoms with Gasteiger partial charge in [-0.25, -0.2) is 0 Å². The van der Waals surface area contributed by atoms with E-state index in [1.54, 1.807) is 0 Å². The summed E-state index contributed by atoms with van der Waals surface area (Å²) in [4.78, 5) is 44.9. The zero-order chi connectivity index (χ0) is 18.7. The molecule has 0 aliphatic heterocycles. The first-order valence-electron chi connectivity index (χ1n) is 6.92. The number of rotatable bonds is 12. The molecule has 3 atom stereocenters. The second kappa shape index (κ2) is 11.9. The molecular weight excluding hydrogens is 360 g/mol. The summed E-state index contributed by atoms with van der Waals surface area (Å²) in [6.07, 6.45) is -0.270. The van der Waals surface area contributed by atoms with Crippen LogP contribution in [0.5, 0.6) is 0 Å². The molecule has 0 radical (unpaired) electrons. The van der Waals surface area contributed by atoms with E-state index in [1.807, 2.05) is 0 Å². The Morgan fingerprint density at radius 2 is 1.79 bits per heavy atom. The topological polar surface area (TPSA) is 185 Å². The first-order chi connectivity index (χ1) is 11.2. The summed E-state index contributed by atoms with van der Waals surface area (Å²) in [5.41, 5.74) is 11.0. The SMILES string of the molecule is NC(CS)SC[C@H](NC(=O)CC[C@H](N)C(=O)O)C(=O)NCC(=O)O. The van der Waals surface area contributed by atoms with Crippen molar-refractivity contribution < 1.29 is 29.4 Å². The highest BCUT2D eigenvalue weighted by atomic mass is 32.2. The quantitative estimate of drug-likeness (QED) is 0.145.